The lowest BCUT2D eigenvalue weighted by atomic mass is 10.1. The maximum absolute atomic E-state index is 11.4. The van der Waals surface area contributed by atoms with E-state index in [0.29, 0.717) is 0 Å². The van der Waals surface area contributed by atoms with E-state index in [1.54, 1.807) is 0 Å². The summed E-state index contributed by atoms with van der Waals surface area (Å²) < 4.78 is 25.2. The van der Waals surface area contributed by atoms with E-state index in [4.69, 9.17) is 11.6 Å². The summed E-state index contributed by atoms with van der Waals surface area (Å²) in [5, 5.41) is -0.422. The number of rotatable bonds is 0. The summed E-state index contributed by atoms with van der Waals surface area (Å²) in [7, 11) is -3.84. The molecule has 1 saturated heterocycles. The van der Waals surface area contributed by atoms with E-state index >= 15 is 0 Å². The summed E-state index contributed by atoms with van der Waals surface area (Å²) in [5.74, 6) is -2.71. The zero-order valence-corrected chi connectivity index (χ0v) is 7.93. The number of carbonyl (C=O) groups is 2. The number of ketones is 2. The largest absolute Gasteiger partial charge is 0.647 e. The minimum atomic E-state index is -3.84. The Labute approximate surface area is 81.7 Å². The molecular formula is C6ClO6P. The molecule has 0 aromatic rings. The molecule has 1 unspecified atom stereocenters. The Balaban J connectivity index is 2.36. The highest BCUT2D eigenvalue weighted by molar-refractivity contribution is 7.49. The molecule has 2 aliphatic heterocycles. The maximum Gasteiger partial charge on any atom is 0.647 e. The van der Waals surface area contributed by atoms with Crippen molar-refractivity contribution in [3.8, 4) is 0 Å². The molecule has 0 N–H and O–H groups in total. The van der Waals surface area contributed by atoms with Gasteiger partial charge in [-0.2, -0.15) is 4.57 Å². The summed E-state index contributed by atoms with van der Waals surface area (Å²) >= 11 is 5.50. The zero-order valence-electron chi connectivity index (χ0n) is 6.27. The minimum absolute atomic E-state index is 0.371. The highest BCUT2D eigenvalue weighted by Crippen LogP contribution is 2.66. The number of halogens is 1. The Morgan fingerprint density at radius 1 is 0.929 bits per heavy atom. The van der Waals surface area contributed by atoms with Crippen LogP contribution in [0, 0.1) is 0 Å². The van der Waals surface area contributed by atoms with Gasteiger partial charge in [0.15, 0.2) is 0 Å². The van der Waals surface area contributed by atoms with Gasteiger partial charge in [0.2, 0.25) is 23.1 Å². The molecule has 0 saturated carbocycles. The molecule has 3 aliphatic rings. The third kappa shape index (κ3) is 0.715. The number of allylic oxidation sites excluding steroid dienone is 1. The van der Waals surface area contributed by atoms with E-state index in [-0.39, 0.29) is 5.76 Å². The number of Topliss-reactive ketones (excluding diaryl/α,β-unsaturated/α-hetero) is 2. The Morgan fingerprint density at radius 2 is 1.43 bits per heavy atom. The van der Waals surface area contributed by atoms with Crippen LogP contribution in [0.2, 0.25) is 0 Å². The number of hydrogen-bond donors (Lipinski definition) is 0. The van der Waals surface area contributed by atoms with Gasteiger partial charge in [-0.05, 0) is 0 Å². The van der Waals surface area contributed by atoms with Crippen molar-refractivity contribution in [2.45, 2.75) is 0 Å². The van der Waals surface area contributed by atoms with Gasteiger partial charge >= 0.3 is 7.82 Å². The van der Waals surface area contributed by atoms with Gasteiger partial charge in [0.05, 0.1) is 0 Å². The average Bonchev–Trinajstić information content (AvgIpc) is 2.40. The number of hydrogen-bond acceptors (Lipinski definition) is 6. The van der Waals surface area contributed by atoms with Crippen molar-refractivity contribution in [2.75, 3.05) is 0 Å². The molecule has 2 heterocycles. The van der Waals surface area contributed by atoms with Crippen molar-refractivity contribution >= 4 is 31.0 Å². The molecule has 8 heteroatoms. The molecule has 1 aliphatic carbocycles. The molecule has 0 radical (unpaired) electrons. The smallest absolute Gasteiger partial charge is 0.380 e. The fraction of sp³-hybridized carbons (Fsp3) is 0. The number of fused-ring (bicyclic) bond motifs is 2. The van der Waals surface area contributed by atoms with E-state index < -0.39 is 35.9 Å². The highest BCUT2D eigenvalue weighted by atomic mass is 35.5. The first-order valence-electron chi connectivity index (χ1n) is 3.44. The quantitative estimate of drug-likeness (QED) is 0.459. The summed E-state index contributed by atoms with van der Waals surface area (Å²) in [6.07, 6.45) is 0. The summed E-state index contributed by atoms with van der Waals surface area (Å²) in [4.78, 5) is 22.7. The minimum Gasteiger partial charge on any atom is -0.380 e. The molecule has 3 rings (SSSR count). The monoisotopic (exact) mass is 234 g/mol. The Morgan fingerprint density at radius 3 is 2.07 bits per heavy atom. The molecular weight excluding hydrogens is 234 g/mol. The second-order valence-electron chi connectivity index (χ2n) is 2.68. The van der Waals surface area contributed by atoms with Crippen LogP contribution in [-0.2, 0) is 27.7 Å². The van der Waals surface area contributed by atoms with Gasteiger partial charge < -0.3 is 13.6 Å². The fourth-order valence-corrected chi connectivity index (χ4v) is 2.80. The molecule has 0 aromatic carbocycles. The van der Waals surface area contributed by atoms with Crippen LogP contribution in [0.5, 0.6) is 0 Å². The fourth-order valence-electron chi connectivity index (χ4n) is 1.25. The van der Waals surface area contributed by atoms with E-state index in [9.17, 15) is 14.2 Å². The highest BCUT2D eigenvalue weighted by Gasteiger charge is 2.58. The Bertz CT molecular complexity index is 508. The van der Waals surface area contributed by atoms with Crippen LogP contribution in [0.3, 0.4) is 0 Å². The van der Waals surface area contributed by atoms with Crippen LogP contribution < -0.4 is 0 Å². The second-order valence-corrected chi connectivity index (χ2v) is 4.50. The number of phosphoric ester groups is 1. The standard InChI is InChI=1S/C6ClO6P/c7-1-2(8)5-6-3(9)4(1)11-14(10,12-5)13-6. The molecule has 1 atom stereocenters. The topological polar surface area (TPSA) is 78.9 Å². The Kier molecular flexibility index (Phi) is 1.18. The molecule has 6 nitrogen and oxygen atoms in total. The van der Waals surface area contributed by atoms with Gasteiger partial charge in [0.1, 0.15) is 5.03 Å². The van der Waals surface area contributed by atoms with E-state index in [1.807, 2.05) is 0 Å². The second kappa shape index (κ2) is 2.04. The van der Waals surface area contributed by atoms with Gasteiger partial charge in [-0.3, -0.25) is 9.59 Å². The van der Waals surface area contributed by atoms with Crippen LogP contribution in [0.25, 0.3) is 0 Å². The SMILES string of the molecule is O=C1C(Cl)=C2OP3(=O)OC1=C(O3)C2=O. The van der Waals surface area contributed by atoms with Gasteiger partial charge in [-0.1, -0.05) is 11.6 Å². The van der Waals surface area contributed by atoms with Crippen LogP contribution in [0.4, 0.5) is 0 Å². The summed E-state index contributed by atoms with van der Waals surface area (Å²) in [5.41, 5.74) is 0. The van der Waals surface area contributed by atoms with Crippen molar-refractivity contribution in [3.05, 3.63) is 22.3 Å². The zero-order chi connectivity index (χ0) is 10.1. The molecule has 0 aromatic heterocycles. The summed E-state index contributed by atoms with van der Waals surface area (Å²) in [6, 6.07) is 0. The van der Waals surface area contributed by atoms with Gasteiger partial charge in [-0.15, -0.1) is 0 Å². The van der Waals surface area contributed by atoms with Gasteiger partial charge in [0.25, 0.3) is 5.78 Å². The van der Waals surface area contributed by atoms with Crippen molar-refractivity contribution in [1.82, 2.24) is 0 Å². The molecule has 72 valence electrons. The van der Waals surface area contributed by atoms with Crippen LogP contribution in [0.1, 0.15) is 0 Å². The lowest BCUT2D eigenvalue weighted by Gasteiger charge is -2.17. The van der Waals surface area contributed by atoms with Crippen molar-refractivity contribution in [2.24, 2.45) is 0 Å². The van der Waals surface area contributed by atoms with Gasteiger partial charge in [0, 0.05) is 0 Å². The van der Waals surface area contributed by atoms with Crippen LogP contribution >= 0.6 is 19.4 Å². The van der Waals surface area contributed by atoms with Crippen LogP contribution in [0.15, 0.2) is 22.3 Å². The lowest BCUT2D eigenvalue weighted by Crippen LogP contribution is -2.22. The van der Waals surface area contributed by atoms with Crippen LogP contribution in [-0.4, -0.2) is 11.6 Å². The van der Waals surface area contributed by atoms with Crippen molar-refractivity contribution in [1.29, 1.82) is 0 Å². The van der Waals surface area contributed by atoms with Crippen molar-refractivity contribution in [3.63, 3.8) is 0 Å². The van der Waals surface area contributed by atoms with E-state index in [1.165, 1.54) is 0 Å². The van der Waals surface area contributed by atoms with E-state index in [0.717, 1.165) is 0 Å². The summed E-state index contributed by atoms with van der Waals surface area (Å²) in [6.45, 7) is 0. The first-order valence-corrected chi connectivity index (χ1v) is 5.28. The molecule has 14 heavy (non-hydrogen) atoms. The predicted molar refractivity (Wildman–Crippen MR) is 40.8 cm³/mol. The molecule has 3 bridgehead atoms. The molecule has 1 fully saturated rings. The normalized spacial score (nSPS) is 33.2. The average molecular weight is 234 g/mol. The predicted octanol–water partition coefficient (Wildman–Crippen LogP) is 0.985. The first kappa shape index (κ1) is 8.08. The first-order chi connectivity index (χ1) is 6.52. The number of phosphoric acid groups is 1. The molecule has 0 amide bonds. The van der Waals surface area contributed by atoms with Crippen molar-refractivity contribution < 1.29 is 27.7 Å². The molecule has 0 spiro atoms. The number of carbonyl (C=O) groups excluding carboxylic acids is 2. The Hall–Kier alpha value is -1.26. The van der Waals surface area contributed by atoms with E-state index in [2.05, 4.69) is 13.6 Å². The third-order valence-electron chi connectivity index (χ3n) is 1.83. The van der Waals surface area contributed by atoms with Gasteiger partial charge in [-0.25, -0.2) is 0 Å². The lowest BCUT2D eigenvalue weighted by molar-refractivity contribution is -0.120. The maximum atomic E-state index is 11.4. The third-order valence-corrected chi connectivity index (χ3v) is 3.39.